The number of thiophene rings is 1. The molecule has 0 aliphatic rings. The van der Waals surface area contributed by atoms with Crippen molar-refractivity contribution in [2.45, 2.75) is 6.92 Å². The van der Waals surface area contributed by atoms with E-state index in [0.29, 0.717) is 6.54 Å². The lowest BCUT2D eigenvalue weighted by atomic mass is 10.4. The first kappa shape index (κ1) is 13.9. The van der Waals surface area contributed by atoms with Gasteiger partial charge in [-0.15, -0.1) is 0 Å². The van der Waals surface area contributed by atoms with E-state index in [0.717, 1.165) is 17.4 Å². The van der Waals surface area contributed by atoms with Gasteiger partial charge >= 0.3 is 5.00 Å². The molecule has 0 saturated heterocycles. The number of likely N-dealkylation sites (N-methyl/N-ethyl adjacent to an activating group) is 1. The van der Waals surface area contributed by atoms with Crippen molar-refractivity contribution in [1.82, 2.24) is 4.90 Å². The van der Waals surface area contributed by atoms with Gasteiger partial charge in [-0.3, -0.25) is 14.9 Å². The normalized spacial score (nSPS) is 10.3. The molecule has 1 aromatic rings. The molecule has 94 valence electrons. The fourth-order valence-corrected chi connectivity index (χ4v) is 2.46. The quantitative estimate of drug-likeness (QED) is 0.657. The highest BCUT2D eigenvalue weighted by Gasteiger charge is 2.23. The van der Waals surface area contributed by atoms with Gasteiger partial charge in [0.25, 0.3) is 5.91 Å². The summed E-state index contributed by atoms with van der Waals surface area (Å²) < 4.78 is 0. The third-order valence-corrected chi connectivity index (χ3v) is 3.57. The first-order valence-electron chi connectivity index (χ1n) is 4.85. The number of nitro groups is 1. The van der Waals surface area contributed by atoms with Gasteiger partial charge in [-0.2, -0.15) is 0 Å². The van der Waals surface area contributed by atoms with Crippen LogP contribution in [0, 0.1) is 10.1 Å². The van der Waals surface area contributed by atoms with Crippen LogP contribution >= 0.6 is 22.9 Å². The summed E-state index contributed by atoms with van der Waals surface area (Å²) in [4.78, 5) is 23.4. The SMILES string of the molecule is CCN(CCO)C(=O)c1sc([N+](=O)[O-])cc1Cl. The number of aliphatic hydroxyl groups excluding tert-OH is 1. The topological polar surface area (TPSA) is 83.7 Å². The Bertz CT molecular complexity index is 435. The third-order valence-electron chi connectivity index (χ3n) is 2.09. The summed E-state index contributed by atoms with van der Waals surface area (Å²) in [6, 6.07) is 1.16. The summed E-state index contributed by atoms with van der Waals surface area (Å²) in [7, 11) is 0. The van der Waals surface area contributed by atoms with E-state index in [-0.39, 0.29) is 28.1 Å². The summed E-state index contributed by atoms with van der Waals surface area (Å²) in [5.41, 5.74) is 0. The molecule has 6 nitrogen and oxygen atoms in total. The molecule has 0 saturated carbocycles. The highest BCUT2D eigenvalue weighted by molar-refractivity contribution is 7.17. The summed E-state index contributed by atoms with van der Waals surface area (Å²) in [6.45, 7) is 2.17. The van der Waals surface area contributed by atoms with E-state index < -0.39 is 10.8 Å². The number of carbonyl (C=O) groups is 1. The van der Waals surface area contributed by atoms with Gasteiger partial charge in [0.05, 0.1) is 16.6 Å². The summed E-state index contributed by atoms with van der Waals surface area (Å²) >= 11 is 6.52. The Labute approximate surface area is 107 Å². The first-order valence-corrected chi connectivity index (χ1v) is 6.04. The Morgan fingerprint density at radius 3 is 2.76 bits per heavy atom. The van der Waals surface area contributed by atoms with Gasteiger partial charge < -0.3 is 10.0 Å². The highest BCUT2D eigenvalue weighted by Crippen LogP contribution is 2.33. The van der Waals surface area contributed by atoms with Crippen molar-refractivity contribution in [3.63, 3.8) is 0 Å². The molecule has 0 fully saturated rings. The minimum atomic E-state index is -0.588. The predicted molar refractivity (Wildman–Crippen MR) is 64.6 cm³/mol. The molecule has 1 aromatic heterocycles. The molecule has 0 aliphatic heterocycles. The number of hydrogen-bond donors (Lipinski definition) is 1. The van der Waals surface area contributed by atoms with E-state index in [1.165, 1.54) is 4.90 Å². The van der Waals surface area contributed by atoms with E-state index in [1.807, 2.05) is 0 Å². The van der Waals surface area contributed by atoms with Crippen molar-refractivity contribution in [2.75, 3.05) is 19.7 Å². The monoisotopic (exact) mass is 278 g/mol. The lowest BCUT2D eigenvalue weighted by molar-refractivity contribution is -0.380. The molecule has 1 rings (SSSR count). The van der Waals surface area contributed by atoms with Crippen LogP contribution in [-0.2, 0) is 0 Å². The van der Waals surface area contributed by atoms with Crippen LogP contribution in [0.1, 0.15) is 16.6 Å². The first-order chi connectivity index (χ1) is 8.01. The summed E-state index contributed by atoms with van der Waals surface area (Å²) in [5, 5.41) is 19.2. The van der Waals surface area contributed by atoms with Gasteiger partial charge in [-0.25, -0.2) is 0 Å². The lowest BCUT2D eigenvalue weighted by Crippen LogP contribution is -2.32. The Balaban J connectivity index is 2.98. The van der Waals surface area contributed by atoms with Gasteiger partial charge in [-0.05, 0) is 6.92 Å². The lowest BCUT2D eigenvalue weighted by Gasteiger charge is -2.18. The molecule has 17 heavy (non-hydrogen) atoms. The van der Waals surface area contributed by atoms with Crippen molar-refractivity contribution in [2.24, 2.45) is 0 Å². The van der Waals surface area contributed by atoms with Crippen LogP contribution in [-0.4, -0.2) is 40.5 Å². The Morgan fingerprint density at radius 1 is 1.71 bits per heavy atom. The van der Waals surface area contributed by atoms with Gasteiger partial charge in [0.1, 0.15) is 4.88 Å². The Kier molecular flexibility index (Phi) is 4.86. The van der Waals surface area contributed by atoms with Gasteiger partial charge in [-0.1, -0.05) is 22.9 Å². The molecule has 0 bridgehead atoms. The van der Waals surface area contributed by atoms with E-state index in [4.69, 9.17) is 16.7 Å². The second-order valence-electron chi connectivity index (χ2n) is 3.13. The van der Waals surface area contributed by atoms with Crippen LogP contribution in [0.4, 0.5) is 5.00 Å². The Morgan fingerprint density at radius 2 is 2.35 bits per heavy atom. The number of nitrogens with zero attached hydrogens (tertiary/aromatic N) is 2. The molecule has 1 amide bonds. The maximum Gasteiger partial charge on any atom is 0.326 e. The molecule has 0 spiro atoms. The minimum absolute atomic E-state index is 0.0723. The average molecular weight is 279 g/mol. The largest absolute Gasteiger partial charge is 0.395 e. The standard InChI is InChI=1S/C9H11ClN2O4S/c1-2-11(3-4-13)9(14)8-6(10)5-7(17-8)12(15)16/h5,13H,2-4H2,1H3. The second-order valence-corrected chi connectivity index (χ2v) is 4.57. The van der Waals surface area contributed by atoms with Crippen molar-refractivity contribution >= 4 is 33.8 Å². The highest BCUT2D eigenvalue weighted by atomic mass is 35.5. The zero-order valence-corrected chi connectivity index (χ0v) is 10.6. The van der Waals surface area contributed by atoms with Crippen LogP contribution in [0.2, 0.25) is 5.02 Å². The smallest absolute Gasteiger partial charge is 0.326 e. The van der Waals surface area contributed by atoms with Gasteiger partial charge in [0, 0.05) is 19.2 Å². The van der Waals surface area contributed by atoms with E-state index in [9.17, 15) is 14.9 Å². The Hall–Kier alpha value is -1.18. The molecule has 0 radical (unpaired) electrons. The van der Waals surface area contributed by atoms with Gasteiger partial charge in [0.15, 0.2) is 0 Å². The fourth-order valence-electron chi connectivity index (χ4n) is 1.26. The number of amides is 1. The van der Waals surface area contributed by atoms with Crippen LogP contribution in [0.3, 0.4) is 0 Å². The van der Waals surface area contributed by atoms with E-state index in [1.54, 1.807) is 6.92 Å². The number of halogens is 1. The summed E-state index contributed by atoms with van der Waals surface area (Å²) in [5.74, 6) is -0.398. The molecule has 0 aliphatic carbocycles. The van der Waals surface area contributed by atoms with Crippen molar-refractivity contribution in [1.29, 1.82) is 0 Å². The maximum atomic E-state index is 11.9. The maximum absolute atomic E-state index is 11.9. The fraction of sp³-hybridized carbons (Fsp3) is 0.444. The predicted octanol–water partition coefficient (Wildman–Crippen LogP) is 1.76. The molecular formula is C9H11ClN2O4S. The van der Waals surface area contributed by atoms with Crippen LogP contribution < -0.4 is 0 Å². The minimum Gasteiger partial charge on any atom is -0.395 e. The van der Waals surface area contributed by atoms with Crippen LogP contribution in [0.5, 0.6) is 0 Å². The van der Waals surface area contributed by atoms with E-state index >= 15 is 0 Å². The van der Waals surface area contributed by atoms with Crippen LogP contribution in [0.25, 0.3) is 0 Å². The second kappa shape index (κ2) is 5.95. The van der Waals surface area contributed by atoms with E-state index in [2.05, 4.69) is 0 Å². The molecule has 1 N–H and O–H groups in total. The molecule has 8 heteroatoms. The number of carbonyl (C=O) groups excluding carboxylic acids is 1. The van der Waals surface area contributed by atoms with Crippen molar-refractivity contribution < 1.29 is 14.8 Å². The molecule has 0 unspecified atom stereocenters. The number of aliphatic hydroxyl groups is 1. The molecular weight excluding hydrogens is 268 g/mol. The number of rotatable bonds is 5. The van der Waals surface area contributed by atoms with Gasteiger partial charge in [0.2, 0.25) is 0 Å². The number of hydrogen-bond acceptors (Lipinski definition) is 5. The third kappa shape index (κ3) is 3.15. The molecule has 0 aromatic carbocycles. The molecule has 0 atom stereocenters. The van der Waals surface area contributed by atoms with Crippen molar-refractivity contribution in [3.8, 4) is 0 Å². The van der Waals surface area contributed by atoms with Crippen LogP contribution in [0.15, 0.2) is 6.07 Å². The zero-order chi connectivity index (χ0) is 13.0. The zero-order valence-electron chi connectivity index (χ0n) is 9.05. The average Bonchev–Trinajstić information content (AvgIpc) is 2.67. The molecule has 1 heterocycles. The van der Waals surface area contributed by atoms with Crippen molar-refractivity contribution in [3.05, 3.63) is 26.1 Å². The summed E-state index contributed by atoms with van der Waals surface area (Å²) in [6.07, 6.45) is 0.